The van der Waals surface area contributed by atoms with Crippen LogP contribution in [0.4, 0.5) is 0 Å². The molecule has 21 heavy (non-hydrogen) atoms. The average molecular weight is 320 g/mol. The Morgan fingerprint density at radius 2 is 1.76 bits per heavy atom. The van der Waals surface area contributed by atoms with Gasteiger partial charge in [0.1, 0.15) is 0 Å². The van der Waals surface area contributed by atoms with E-state index in [1.54, 1.807) is 6.92 Å². The zero-order chi connectivity index (χ0) is 16.1. The Morgan fingerprint density at radius 3 is 2.19 bits per heavy atom. The molecule has 0 aromatic rings. The van der Waals surface area contributed by atoms with E-state index in [0.717, 1.165) is 0 Å². The van der Waals surface area contributed by atoms with Crippen LogP contribution >= 0.6 is 0 Å². The van der Waals surface area contributed by atoms with E-state index >= 15 is 0 Å². The fraction of sp³-hybridized carbons (Fsp3) is 0.929. The molecule has 0 spiro atoms. The number of nitrogens with one attached hydrogen (secondary N) is 1. The first-order valence-electron chi connectivity index (χ1n) is 7.76. The molecule has 0 aliphatic carbocycles. The predicted molar refractivity (Wildman–Crippen MR) is 82.3 cm³/mol. The van der Waals surface area contributed by atoms with E-state index in [9.17, 15) is 18.3 Å². The third-order valence-corrected chi connectivity index (χ3v) is 6.37. The smallest absolute Gasteiger partial charge is 0.223 e. The highest BCUT2D eigenvalue weighted by molar-refractivity contribution is 7.89. The van der Waals surface area contributed by atoms with Crippen LogP contribution in [0.15, 0.2) is 0 Å². The number of piperidine rings is 1. The second-order valence-corrected chi connectivity index (χ2v) is 7.98. The maximum Gasteiger partial charge on any atom is 0.223 e. The highest BCUT2D eigenvalue weighted by Gasteiger charge is 2.31. The Bertz CT molecular complexity index is 438. The van der Waals surface area contributed by atoms with Crippen LogP contribution in [0, 0.1) is 5.92 Å². The summed E-state index contributed by atoms with van der Waals surface area (Å²) in [5.41, 5.74) is -0.845. The molecule has 1 aliphatic rings. The number of carbonyl (C=O) groups is 1. The Balaban J connectivity index is 2.46. The molecule has 1 fully saturated rings. The fourth-order valence-electron chi connectivity index (χ4n) is 2.47. The van der Waals surface area contributed by atoms with Crippen molar-refractivity contribution in [2.75, 3.05) is 25.4 Å². The van der Waals surface area contributed by atoms with Gasteiger partial charge in [-0.05, 0) is 32.6 Å². The minimum Gasteiger partial charge on any atom is -0.388 e. The van der Waals surface area contributed by atoms with Crippen LogP contribution in [-0.2, 0) is 14.8 Å². The zero-order valence-electron chi connectivity index (χ0n) is 13.3. The van der Waals surface area contributed by atoms with Crippen molar-refractivity contribution in [1.82, 2.24) is 9.62 Å². The lowest BCUT2D eigenvalue weighted by molar-refractivity contribution is -0.127. The van der Waals surface area contributed by atoms with E-state index in [-0.39, 0.29) is 24.1 Å². The van der Waals surface area contributed by atoms with Crippen LogP contribution in [0.25, 0.3) is 0 Å². The molecule has 0 bridgehead atoms. The highest BCUT2D eigenvalue weighted by Crippen LogP contribution is 2.20. The maximum absolute atomic E-state index is 12.1. The second kappa shape index (κ2) is 7.56. The average Bonchev–Trinajstić information content (AvgIpc) is 2.52. The quantitative estimate of drug-likeness (QED) is 0.723. The number of carbonyl (C=O) groups excluding carboxylic acids is 1. The van der Waals surface area contributed by atoms with Gasteiger partial charge in [0.2, 0.25) is 15.9 Å². The number of rotatable bonds is 7. The van der Waals surface area contributed by atoms with E-state index in [1.807, 2.05) is 13.8 Å². The van der Waals surface area contributed by atoms with Gasteiger partial charge in [-0.1, -0.05) is 13.8 Å². The van der Waals surface area contributed by atoms with Crippen LogP contribution in [0.2, 0.25) is 0 Å². The first-order valence-corrected chi connectivity index (χ1v) is 9.36. The van der Waals surface area contributed by atoms with Crippen molar-refractivity contribution in [1.29, 1.82) is 0 Å². The van der Waals surface area contributed by atoms with Crippen LogP contribution < -0.4 is 5.32 Å². The molecule has 2 N–H and O–H groups in total. The summed E-state index contributed by atoms with van der Waals surface area (Å²) in [7, 11) is -3.15. The molecule has 0 aromatic heterocycles. The third-order valence-electron chi connectivity index (χ3n) is 4.49. The predicted octanol–water partition coefficient (Wildman–Crippen LogP) is 0.715. The van der Waals surface area contributed by atoms with Gasteiger partial charge in [0, 0.05) is 25.6 Å². The van der Waals surface area contributed by atoms with Gasteiger partial charge in [-0.3, -0.25) is 4.79 Å². The third kappa shape index (κ3) is 4.93. The van der Waals surface area contributed by atoms with Crippen molar-refractivity contribution < 1.29 is 18.3 Å². The molecular formula is C14H28N2O4S. The van der Waals surface area contributed by atoms with Crippen LogP contribution in [0.3, 0.4) is 0 Å². The number of amides is 1. The molecule has 0 unspecified atom stereocenters. The minimum atomic E-state index is -3.15. The molecule has 6 nitrogen and oxygen atoms in total. The van der Waals surface area contributed by atoms with Crippen molar-refractivity contribution in [3.8, 4) is 0 Å². The maximum atomic E-state index is 12.1. The summed E-state index contributed by atoms with van der Waals surface area (Å²) in [6, 6.07) is 0. The first kappa shape index (κ1) is 18.4. The van der Waals surface area contributed by atoms with Gasteiger partial charge in [-0.25, -0.2) is 12.7 Å². The number of aliphatic hydroxyl groups is 1. The van der Waals surface area contributed by atoms with Crippen molar-refractivity contribution in [2.45, 2.75) is 52.1 Å². The number of sulfonamides is 1. The van der Waals surface area contributed by atoms with Crippen LogP contribution in [-0.4, -0.2) is 54.7 Å². The molecule has 7 heteroatoms. The van der Waals surface area contributed by atoms with Gasteiger partial charge in [0.15, 0.2) is 0 Å². The van der Waals surface area contributed by atoms with Crippen molar-refractivity contribution in [3.05, 3.63) is 0 Å². The second-order valence-electron chi connectivity index (χ2n) is 5.72. The van der Waals surface area contributed by atoms with E-state index in [2.05, 4.69) is 5.32 Å². The van der Waals surface area contributed by atoms with Crippen molar-refractivity contribution >= 4 is 15.9 Å². The summed E-state index contributed by atoms with van der Waals surface area (Å²) in [4.78, 5) is 12.1. The molecule has 1 rings (SSSR count). The minimum absolute atomic E-state index is 0.0797. The van der Waals surface area contributed by atoms with Crippen molar-refractivity contribution in [2.24, 2.45) is 5.92 Å². The van der Waals surface area contributed by atoms with Gasteiger partial charge in [-0.15, -0.1) is 0 Å². The topological polar surface area (TPSA) is 86.7 Å². The van der Waals surface area contributed by atoms with Gasteiger partial charge in [-0.2, -0.15) is 0 Å². The normalized spacial score (nSPS) is 18.7. The number of hydrogen-bond donors (Lipinski definition) is 2. The molecule has 0 radical (unpaired) electrons. The summed E-state index contributed by atoms with van der Waals surface area (Å²) in [5.74, 6) is -0.140. The highest BCUT2D eigenvalue weighted by atomic mass is 32.2. The molecule has 0 aromatic carbocycles. The summed E-state index contributed by atoms with van der Waals surface area (Å²) in [6.07, 6.45) is 2.28. The summed E-state index contributed by atoms with van der Waals surface area (Å²) < 4.78 is 25.0. The van der Waals surface area contributed by atoms with Crippen LogP contribution in [0.1, 0.15) is 46.5 Å². The number of nitrogens with zero attached hydrogens (tertiary/aromatic N) is 1. The molecule has 0 atom stereocenters. The van der Waals surface area contributed by atoms with E-state index in [4.69, 9.17) is 0 Å². The standard InChI is InChI=1S/C14H28N2O4S/c1-4-14(18,5-2)11-15-13(17)12-7-9-16(10-8-12)21(19,20)6-3/h12,18H,4-11H2,1-3H3,(H,15,17). The summed E-state index contributed by atoms with van der Waals surface area (Å²) in [6.45, 7) is 6.48. The van der Waals surface area contributed by atoms with E-state index in [0.29, 0.717) is 38.8 Å². The molecule has 124 valence electrons. The Hall–Kier alpha value is -0.660. The Labute approximate surface area is 128 Å². The SMILES string of the molecule is CCC(O)(CC)CNC(=O)C1CCN(S(=O)(=O)CC)CC1. The largest absolute Gasteiger partial charge is 0.388 e. The van der Waals surface area contributed by atoms with Gasteiger partial charge >= 0.3 is 0 Å². The van der Waals surface area contributed by atoms with E-state index < -0.39 is 15.6 Å². The molecule has 1 heterocycles. The van der Waals surface area contributed by atoms with Gasteiger partial charge < -0.3 is 10.4 Å². The van der Waals surface area contributed by atoms with Crippen LogP contribution in [0.5, 0.6) is 0 Å². The molecule has 1 aliphatic heterocycles. The molecular weight excluding hydrogens is 292 g/mol. The first-order chi connectivity index (χ1) is 9.78. The lowest BCUT2D eigenvalue weighted by Crippen LogP contribution is -2.47. The lowest BCUT2D eigenvalue weighted by atomic mass is 9.95. The van der Waals surface area contributed by atoms with E-state index in [1.165, 1.54) is 4.31 Å². The molecule has 1 amide bonds. The molecule has 0 saturated carbocycles. The summed E-state index contributed by atoms with van der Waals surface area (Å²) in [5, 5.41) is 13.0. The van der Waals surface area contributed by atoms with Gasteiger partial charge in [0.25, 0.3) is 0 Å². The Morgan fingerprint density at radius 1 is 1.24 bits per heavy atom. The monoisotopic (exact) mass is 320 g/mol. The van der Waals surface area contributed by atoms with Gasteiger partial charge in [0.05, 0.1) is 11.4 Å². The lowest BCUT2D eigenvalue weighted by Gasteiger charge is -2.31. The summed E-state index contributed by atoms with van der Waals surface area (Å²) >= 11 is 0. The van der Waals surface area contributed by atoms with Crippen molar-refractivity contribution in [3.63, 3.8) is 0 Å². The Kier molecular flexibility index (Phi) is 6.62. The fourth-order valence-corrected chi connectivity index (χ4v) is 3.61. The zero-order valence-corrected chi connectivity index (χ0v) is 14.1. The number of hydrogen-bond acceptors (Lipinski definition) is 4. The molecule has 1 saturated heterocycles.